The number of hydrogen-bond acceptors (Lipinski definition) is 4. The van der Waals surface area contributed by atoms with E-state index in [0.29, 0.717) is 5.92 Å². The van der Waals surface area contributed by atoms with Crippen LogP contribution in [0.4, 0.5) is 6.01 Å². The number of nitrogens with zero attached hydrogens (tertiary/aromatic N) is 2. The van der Waals surface area contributed by atoms with Gasteiger partial charge in [-0.1, -0.05) is 0 Å². The summed E-state index contributed by atoms with van der Waals surface area (Å²) in [6.45, 7) is 2.18. The van der Waals surface area contributed by atoms with Gasteiger partial charge in [0.2, 0.25) is 0 Å². The first-order valence-corrected chi connectivity index (χ1v) is 4.15. The summed E-state index contributed by atoms with van der Waals surface area (Å²) in [7, 11) is 2.11. The molecule has 0 radical (unpaired) electrons. The lowest BCUT2D eigenvalue weighted by Gasteiger charge is -2.06. The molecule has 2 N–H and O–H groups in total. The summed E-state index contributed by atoms with van der Waals surface area (Å²) >= 11 is 0. The lowest BCUT2D eigenvalue weighted by molar-refractivity contribution is 0.398. The van der Waals surface area contributed by atoms with Gasteiger partial charge in [-0.25, -0.2) is 4.98 Å². The second kappa shape index (κ2) is 2.79. The number of likely N-dealkylation sites (N-methyl/N-ethyl adjacent to an activating group) is 1. The van der Waals surface area contributed by atoms with E-state index in [0.717, 1.165) is 25.3 Å². The standard InChI is InChI=1S/C8H13N3O/c1-11-3-2-6(5-11)7-4-10-8(9)12-7/h4,6H,2-3,5H2,1H3,(H2,9,10). The van der Waals surface area contributed by atoms with Crippen LogP contribution in [-0.2, 0) is 0 Å². The molecule has 4 heteroatoms. The Hall–Kier alpha value is -1.03. The van der Waals surface area contributed by atoms with Gasteiger partial charge in [-0.3, -0.25) is 0 Å². The Balaban J connectivity index is 2.11. The Bertz CT molecular complexity index is 271. The Labute approximate surface area is 71.4 Å². The summed E-state index contributed by atoms with van der Waals surface area (Å²) in [6, 6.07) is 0.277. The van der Waals surface area contributed by atoms with Crippen molar-refractivity contribution in [2.24, 2.45) is 0 Å². The smallest absolute Gasteiger partial charge is 0.292 e. The van der Waals surface area contributed by atoms with Crippen LogP contribution in [0.2, 0.25) is 0 Å². The monoisotopic (exact) mass is 167 g/mol. The van der Waals surface area contributed by atoms with Gasteiger partial charge in [0, 0.05) is 12.5 Å². The van der Waals surface area contributed by atoms with Crippen LogP contribution >= 0.6 is 0 Å². The normalized spacial score (nSPS) is 24.9. The number of anilines is 1. The van der Waals surface area contributed by atoms with Crippen molar-refractivity contribution in [3.63, 3.8) is 0 Å². The third-order valence-corrected chi connectivity index (χ3v) is 2.34. The molecule has 0 aliphatic carbocycles. The van der Waals surface area contributed by atoms with Crippen LogP contribution in [0.25, 0.3) is 0 Å². The van der Waals surface area contributed by atoms with E-state index in [1.165, 1.54) is 0 Å². The molecule has 2 rings (SSSR count). The number of oxazole rings is 1. The maximum Gasteiger partial charge on any atom is 0.292 e. The lowest BCUT2D eigenvalue weighted by Crippen LogP contribution is -2.13. The zero-order valence-electron chi connectivity index (χ0n) is 7.16. The lowest BCUT2D eigenvalue weighted by atomic mass is 10.1. The zero-order valence-corrected chi connectivity index (χ0v) is 7.16. The molecule has 1 aromatic heterocycles. The van der Waals surface area contributed by atoms with Crippen molar-refractivity contribution >= 4 is 6.01 Å². The van der Waals surface area contributed by atoms with E-state index in [2.05, 4.69) is 16.9 Å². The van der Waals surface area contributed by atoms with Gasteiger partial charge >= 0.3 is 0 Å². The Kier molecular flexibility index (Phi) is 1.77. The molecular weight excluding hydrogens is 154 g/mol. The summed E-state index contributed by atoms with van der Waals surface area (Å²) in [6.07, 6.45) is 2.88. The Morgan fingerprint density at radius 2 is 2.58 bits per heavy atom. The first-order chi connectivity index (χ1) is 5.75. The fourth-order valence-electron chi connectivity index (χ4n) is 1.66. The molecule has 1 aliphatic heterocycles. The predicted octanol–water partition coefficient (Wildman–Crippen LogP) is 0.676. The molecule has 12 heavy (non-hydrogen) atoms. The van der Waals surface area contributed by atoms with Crippen LogP contribution < -0.4 is 5.73 Å². The van der Waals surface area contributed by atoms with Crippen LogP contribution in [0, 0.1) is 0 Å². The first-order valence-electron chi connectivity index (χ1n) is 4.15. The molecule has 0 amide bonds. The third-order valence-electron chi connectivity index (χ3n) is 2.34. The van der Waals surface area contributed by atoms with E-state index in [9.17, 15) is 0 Å². The van der Waals surface area contributed by atoms with Crippen molar-refractivity contribution in [3.8, 4) is 0 Å². The van der Waals surface area contributed by atoms with Gasteiger partial charge in [-0.05, 0) is 20.0 Å². The van der Waals surface area contributed by atoms with Gasteiger partial charge in [-0.2, -0.15) is 0 Å². The topological polar surface area (TPSA) is 55.3 Å². The summed E-state index contributed by atoms with van der Waals surface area (Å²) in [5.74, 6) is 1.41. The minimum absolute atomic E-state index is 0.277. The fraction of sp³-hybridized carbons (Fsp3) is 0.625. The summed E-state index contributed by atoms with van der Waals surface area (Å²) in [4.78, 5) is 6.16. The van der Waals surface area contributed by atoms with Crippen molar-refractivity contribution in [1.29, 1.82) is 0 Å². The van der Waals surface area contributed by atoms with Crippen LogP contribution in [0.3, 0.4) is 0 Å². The molecule has 1 aromatic rings. The molecule has 4 nitrogen and oxygen atoms in total. The first kappa shape index (κ1) is 7.61. The number of nitrogens with two attached hydrogens (primary N) is 1. The summed E-state index contributed by atoms with van der Waals surface area (Å²) in [5.41, 5.74) is 5.39. The highest BCUT2D eigenvalue weighted by Gasteiger charge is 2.23. The van der Waals surface area contributed by atoms with Gasteiger partial charge in [0.15, 0.2) is 0 Å². The molecule has 2 heterocycles. The van der Waals surface area contributed by atoms with Gasteiger partial charge in [-0.15, -0.1) is 0 Å². The minimum atomic E-state index is 0.277. The van der Waals surface area contributed by atoms with E-state index in [1.807, 2.05) is 0 Å². The van der Waals surface area contributed by atoms with Crippen molar-refractivity contribution in [2.75, 3.05) is 25.9 Å². The molecule has 0 bridgehead atoms. The van der Waals surface area contributed by atoms with Crippen molar-refractivity contribution in [1.82, 2.24) is 9.88 Å². The highest BCUT2D eigenvalue weighted by Crippen LogP contribution is 2.26. The Morgan fingerprint density at radius 3 is 3.08 bits per heavy atom. The molecule has 1 fully saturated rings. The van der Waals surface area contributed by atoms with E-state index >= 15 is 0 Å². The van der Waals surface area contributed by atoms with Gasteiger partial charge in [0.25, 0.3) is 6.01 Å². The average Bonchev–Trinajstić information content (AvgIpc) is 2.58. The predicted molar refractivity (Wildman–Crippen MR) is 45.8 cm³/mol. The van der Waals surface area contributed by atoms with Crippen molar-refractivity contribution in [2.45, 2.75) is 12.3 Å². The maximum atomic E-state index is 5.39. The SMILES string of the molecule is CN1CCC(c2cnc(N)o2)C1. The molecule has 66 valence electrons. The number of hydrogen-bond donors (Lipinski definition) is 1. The van der Waals surface area contributed by atoms with Gasteiger partial charge in [0.05, 0.1) is 6.20 Å². The molecule has 0 spiro atoms. The maximum absolute atomic E-state index is 5.39. The fourth-order valence-corrected chi connectivity index (χ4v) is 1.66. The second-order valence-electron chi connectivity index (χ2n) is 3.35. The summed E-state index contributed by atoms with van der Waals surface area (Å²) < 4.78 is 5.26. The van der Waals surface area contributed by atoms with Crippen LogP contribution in [0.1, 0.15) is 18.1 Å². The molecule has 0 saturated carbocycles. The quantitative estimate of drug-likeness (QED) is 0.668. The van der Waals surface area contributed by atoms with E-state index in [-0.39, 0.29) is 6.01 Å². The molecule has 1 aliphatic rings. The zero-order chi connectivity index (χ0) is 8.55. The molecule has 0 aromatic carbocycles. The molecular formula is C8H13N3O. The van der Waals surface area contributed by atoms with Crippen LogP contribution in [0.5, 0.6) is 0 Å². The van der Waals surface area contributed by atoms with Gasteiger partial charge in [0.1, 0.15) is 5.76 Å². The van der Waals surface area contributed by atoms with Crippen LogP contribution in [0.15, 0.2) is 10.6 Å². The van der Waals surface area contributed by atoms with E-state index in [1.54, 1.807) is 6.20 Å². The van der Waals surface area contributed by atoms with Crippen molar-refractivity contribution in [3.05, 3.63) is 12.0 Å². The number of aromatic nitrogens is 1. The van der Waals surface area contributed by atoms with Gasteiger partial charge < -0.3 is 15.1 Å². The number of rotatable bonds is 1. The number of likely N-dealkylation sites (tertiary alicyclic amines) is 1. The van der Waals surface area contributed by atoms with E-state index in [4.69, 9.17) is 10.2 Å². The van der Waals surface area contributed by atoms with E-state index < -0.39 is 0 Å². The highest BCUT2D eigenvalue weighted by atomic mass is 16.4. The molecule has 1 unspecified atom stereocenters. The highest BCUT2D eigenvalue weighted by molar-refractivity contribution is 5.14. The van der Waals surface area contributed by atoms with Crippen molar-refractivity contribution < 1.29 is 4.42 Å². The van der Waals surface area contributed by atoms with Crippen LogP contribution in [-0.4, -0.2) is 30.0 Å². The third kappa shape index (κ3) is 1.30. The molecule has 1 saturated heterocycles. The summed E-state index contributed by atoms with van der Waals surface area (Å²) in [5, 5.41) is 0. The number of nitrogen functional groups attached to an aromatic ring is 1. The second-order valence-corrected chi connectivity index (χ2v) is 3.35. The Morgan fingerprint density at radius 1 is 1.75 bits per heavy atom. The largest absolute Gasteiger partial charge is 0.429 e. The minimum Gasteiger partial charge on any atom is -0.429 e. The molecule has 1 atom stereocenters. The average molecular weight is 167 g/mol.